The Hall–Kier alpha value is -2.59. The molecule has 4 rings (SSSR count). The Balaban J connectivity index is 1.68. The maximum Gasteiger partial charge on any atom is 0.0946 e. The first-order valence-corrected chi connectivity index (χ1v) is 9.36. The average molecular weight is 346 g/mol. The maximum atomic E-state index is 4.27. The van der Waals surface area contributed by atoms with Crippen molar-refractivity contribution in [1.29, 1.82) is 0 Å². The zero-order chi connectivity index (χ0) is 17.9. The van der Waals surface area contributed by atoms with Gasteiger partial charge in [-0.1, -0.05) is 43.3 Å². The van der Waals surface area contributed by atoms with E-state index in [9.17, 15) is 0 Å². The zero-order valence-electron chi connectivity index (χ0n) is 15.5. The van der Waals surface area contributed by atoms with Crippen molar-refractivity contribution in [3.8, 4) is 11.1 Å². The number of rotatable bonds is 5. The number of aromatic nitrogens is 2. The third kappa shape index (κ3) is 3.37. The predicted molar refractivity (Wildman–Crippen MR) is 107 cm³/mol. The summed E-state index contributed by atoms with van der Waals surface area (Å²) in [5.74, 6) is 0. The molecule has 2 aromatic carbocycles. The van der Waals surface area contributed by atoms with E-state index in [-0.39, 0.29) is 0 Å². The number of hydrogen-bond acceptors (Lipinski definition) is 3. The number of hydrogen-bond donors (Lipinski definition) is 1. The van der Waals surface area contributed by atoms with Crippen LogP contribution in [-0.4, -0.2) is 28.7 Å². The summed E-state index contributed by atoms with van der Waals surface area (Å²) in [6.45, 7) is 5.09. The quantitative estimate of drug-likeness (QED) is 0.766. The molecule has 4 nitrogen and oxygen atoms in total. The molecule has 4 heteroatoms. The van der Waals surface area contributed by atoms with Gasteiger partial charge in [0.1, 0.15) is 0 Å². The molecule has 1 aliphatic rings. The molecule has 3 aromatic rings. The van der Waals surface area contributed by atoms with Gasteiger partial charge in [-0.25, -0.2) is 4.98 Å². The fourth-order valence-electron chi connectivity index (χ4n) is 3.87. The van der Waals surface area contributed by atoms with Crippen LogP contribution in [0.5, 0.6) is 0 Å². The van der Waals surface area contributed by atoms with Crippen LogP contribution < -0.4 is 10.2 Å². The van der Waals surface area contributed by atoms with Crippen molar-refractivity contribution in [3.05, 3.63) is 72.3 Å². The van der Waals surface area contributed by atoms with Crippen LogP contribution in [0.3, 0.4) is 0 Å². The molecule has 134 valence electrons. The second kappa shape index (κ2) is 7.34. The summed E-state index contributed by atoms with van der Waals surface area (Å²) >= 11 is 0. The molecule has 0 aliphatic carbocycles. The van der Waals surface area contributed by atoms with E-state index in [0.29, 0.717) is 6.04 Å². The van der Waals surface area contributed by atoms with Gasteiger partial charge in [-0.15, -0.1) is 0 Å². The zero-order valence-corrected chi connectivity index (χ0v) is 15.5. The van der Waals surface area contributed by atoms with Gasteiger partial charge in [-0.2, -0.15) is 0 Å². The smallest absolute Gasteiger partial charge is 0.0946 e. The number of imidazole rings is 1. The molecular formula is C22H26N4. The number of benzene rings is 2. The van der Waals surface area contributed by atoms with Crippen LogP contribution in [0, 0.1) is 0 Å². The third-order valence-electron chi connectivity index (χ3n) is 5.20. The lowest BCUT2D eigenvalue weighted by atomic mass is 9.93. The topological polar surface area (TPSA) is 33.1 Å². The van der Waals surface area contributed by atoms with Crippen LogP contribution in [0.1, 0.15) is 18.2 Å². The monoisotopic (exact) mass is 346 g/mol. The SMILES string of the molecule is CCNC1Cc2cc(-c3ccccc3)ccc2N(Cc2cncn2C)C1. The molecule has 0 spiro atoms. The van der Waals surface area contributed by atoms with Gasteiger partial charge in [-0.05, 0) is 41.8 Å². The second-order valence-electron chi connectivity index (χ2n) is 7.04. The van der Waals surface area contributed by atoms with Gasteiger partial charge < -0.3 is 14.8 Å². The Kier molecular flexibility index (Phi) is 4.76. The van der Waals surface area contributed by atoms with Crippen molar-refractivity contribution < 1.29 is 0 Å². The molecule has 0 amide bonds. The first-order valence-electron chi connectivity index (χ1n) is 9.36. The van der Waals surface area contributed by atoms with E-state index < -0.39 is 0 Å². The number of fused-ring (bicyclic) bond motifs is 1. The molecule has 0 bridgehead atoms. The van der Waals surface area contributed by atoms with E-state index in [2.05, 4.69) is 82.3 Å². The first-order chi connectivity index (χ1) is 12.7. The third-order valence-corrected chi connectivity index (χ3v) is 5.20. The van der Waals surface area contributed by atoms with E-state index >= 15 is 0 Å². The lowest BCUT2D eigenvalue weighted by Crippen LogP contribution is -2.46. The summed E-state index contributed by atoms with van der Waals surface area (Å²) in [4.78, 5) is 6.76. The summed E-state index contributed by atoms with van der Waals surface area (Å²) in [6, 6.07) is 18.0. The number of anilines is 1. The van der Waals surface area contributed by atoms with Gasteiger partial charge in [0.05, 0.1) is 18.6 Å². The van der Waals surface area contributed by atoms with Crippen molar-refractivity contribution in [3.63, 3.8) is 0 Å². The Morgan fingerprint density at radius 3 is 2.69 bits per heavy atom. The second-order valence-corrected chi connectivity index (χ2v) is 7.04. The molecule has 26 heavy (non-hydrogen) atoms. The van der Waals surface area contributed by atoms with E-state index in [1.807, 2.05) is 12.5 Å². The summed E-state index contributed by atoms with van der Waals surface area (Å²) in [7, 11) is 2.06. The van der Waals surface area contributed by atoms with E-state index in [1.54, 1.807) is 0 Å². The molecule has 1 N–H and O–H groups in total. The lowest BCUT2D eigenvalue weighted by Gasteiger charge is -2.37. The molecule has 1 unspecified atom stereocenters. The van der Waals surface area contributed by atoms with Crippen molar-refractivity contribution in [2.24, 2.45) is 7.05 Å². The summed E-state index contributed by atoms with van der Waals surface area (Å²) in [5.41, 5.74) is 6.58. The van der Waals surface area contributed by atoms with Crippen LogP contribution in [0.25, 0.3) is 11.1 Å². The van der Waals surface area contributed by atoms with Crippen molar-refractivity contribution in [2.45, 2.75) is 25.9 Å². The summed E-state index contributed by atoms with van der Waals surface area (Å²) < 4.78 is 2.11. The molecular weight excluding hydrogens is 320 g/mol. The standard InChI is InChI=1S/C22H26N4/c1-3-24-20-12-19-11-18(17-7-5-4-6-8-17)9-10-22(19)26(14-20)15-21-13-23-16-25(21)2/h4-11,13,16,20,24H,3,12,14-15H2,1-2H3. The Morgan fingerprint density at radius 1 is 1.12 bits per heavy atom. The molecule has 0 fully saturated rings. The minimum atomic E-state index is 0.478. The van der Waals surface area contributed by atoms with Crippen LogP contribution in [0.4, 0.5) is 5.69 Å². The van der Waals surface area contributed by atoms with Gasteiger partial charge >= 0.3 is 0 Å². The maximum absolute atomic E-state index is 4.27. The van der Waals surface area contributed by atoms with E-state index in [4.69, 9.17) is 0 Å². The molecule has 1 aromatic heterocycles. The summed E-state index contributed by atoms with van der Waals surface area (Å²) in [5, 5.41) is 3.64. The number of likely N-dealkylation sites (N-methyl/N-ethyl adjacent to an activating group) is 1. The summed E-state index contributed by atoms with van der Waals surface area (Å²) in [6.07, 6.45) is 4.92. The molecule has 1 aliphatic heterocycles. The average Bonchev–Trinajstić information content (AvgIpc) is 3.07. The van der Waals surface area contributed by atoms with Crippen LogP contribution >= 0.6 is 0 Å². The lowest BCUT2D eigenvalue weighted by molar-refractivity contribution is 0.492. The normalized spacial score (nSPS) is 16.5. The van der Waals surface area contributed by atoms with E-state index in [1.165, 1.54) is 28.1 Å². The minimum Gasteiger partial charge on any atom is -0.364 e. The highest BCUT2D eigenvalue weighted by Crippen LogP contribution is 2.32. The molecule has 0 saturated carbocycles. The van der Waals surface area contributed by atoms with Crippen LogP contribution in [0.15, 0.2) is 61.1 Å². The number of nitrogens with one attached hydrogen (secondary N) is 1. The van der Waals surface area contributed by atoms with Crippen molar-refractivity contribution in [2.75, 3.05) is 18.0 Å². The van der Waals surface area contributed by atoms with Gasteiger partial charge in [0.2, 0.25) is 0 Å². The van der Waals surface area contributed by atoms with Crippen molar-refractivity contribution in [1.82, 2.24) is 14.9 Å². The Morgan fingerprint density at radius 2 is 1.96 bits per heavy atom. The molecule has 2 heterocycles. The largest absolute Gasteiger partial charge is 0.364 e. The fourth-order valence-corrected chi connectivity index (χ4v) is 3.87. The van der Waals surface area contributed by atoms with Crippen LogP contribution in [0.2, 0.25) is 0 Å². The molecule has 0 saturated heterocycles. The highest BCUT2D eigenvalue weighted by atomic mass is 15.2. The molecule has 0 radical (unpaired) electrons. The first kappa shape index (κ1) is 16.9. The van der Waals surface area contributed by atoms with Gasteiger partial charge in [-0.3, -0.25) is 0 Å². The van der Waals surface area contributed by atoms with Gasteiger partial charge in [0.15, 0.2) is 0 Å². The molecule has 1 atom stereocenters. The van der Waals surface area contributed by atoms with Gasteiger partial charge in [0, 0.05) is 31.5 Å². The minimum absolute atomic E-state index is 0.478. The van der Waals surface area contributed by atoms with E-state index in [0.717, 1.165) is 26.1 Å². The van der Waals surface area contributed by atoms with Gasteiger partial charge in [0.25, 0.3) is 0 Å². The predicted octanol–water partition coefficient (Wildman–Crippen LogP) is 3.63. The highest BCUT2D eigenvalue weighted by molar-refractivity contribution is 5.70. The Bertz CT molecular complexity index is 869. The number of aryl methyl sites for hydroxylation is 1. The Labute approximate surface area is 155 Å². The van der Waals surface area contributed by atoms with Crippen molar-refractivity contribution >= 4 is 5.69 Å². The van der Waals surface area contributed by atoms with Crippen LogP contribution in [-0.2, 0) is 20.0 Å². The fraction of sp³-hybridized carbons (Fsp3) is 0.318. The highest BCUT2D eigenvalue weighted by Gasteiger charge is 2.25. The number of nitrogens with zero attached hydrogens (tertiary/aromatic N) is 3.